The van der Waals surface area contributed by atoms with E-state index in [1.165, 1.54) is 6.33 Å². The SMILES string of the molecule is NC(=O)c1cc2cc(CN3CCC(Nc4ncnc5sc(CC(F)(F)F)cc45)CC3)ccc2[nH]1. The van der Waals surface area contributed by atoms with Crippen LogP contribution in [0.15, 0.2) is 36.7 Å². The lowest BCUT2D eigenvalue weighted by Crippen LogP contribution is -2.38. The van der Waals surface area contributed by atoms with Crippen LogP contribution in [0, 0.1) is 0 Å². The Morgan fingerprint density at radius 2 is 2.00 bits per heavy atom. The monoisotopic (exact) mass is 488 g/mol. The molecule has 7 nitrogen and oxygen atoms in total. The maximum atomic E-state index is 12.8. The van der Waals surface area contributed by atoms with E-state index in [9.17, 15) is 18.0 Å². The van der Waals surface area contributed by atoms with Crippen molar-refractivity contribution in [2.24, 2.45) is 5.73 Å². The van der Waals surface area contributed by atoms with Crippen molar-refractivity contribution >= 4 is 44.2 Å². The van der Waals surface area contributed by atoms with Crippen molar-refractivity contribution in [2.75, 3.05) is 18.4 Å². The summed E-state index contributed by atoms with van der Waals surface area (Å²) in [6, 6.07) is 9.57. The topological polar surface area (TPSA) is 99.9 Å². The molecular weight excluding hydrogens is 465 g/mol. The van der Waals surface area contributed by atoms with Gasteiger partial charge in [0.05, 0.1) is 11.8 Å². The molecule has 1 saturated heterocycles. The number of primary amides is 1. The van der Waals surface area contributed by atoms with Gasteiger partial charge < -0.3 is 16.0 Å². The third kappa shape index (κ3) is 5.00. The molecule has 11 heteroatoms. The van der Waals surface area contributed by atoms with Crippen molar-refractivity contribution < 1.29 is 18.0 Å². The Morgan fingerprint density at radius 3 is 2.74 bits per heavy atom. The number of rotatable bonds is 6. The minimum Gasteiger partial charge on any atom is -0.367 e. The molecule has 1 aliphatic rings. The minimum absolute atomic E-state index is 0.186. The van der Waals surface area contributed by atoms with Gasteiger partial charge in [-0.25, -0.2) is 9.97 Å². The van der Waals surface area contributed by atoms with Gasteiger partial charge in [-0.05, 0) is 42.7 Å². The highest BCUT2D eigenvalue weighted by Crippen LogP contribution is 2.33. The van der Waals surface area contributed by atoms with Gasteiger partial charge in [0.25, 0.3) is 5.91 Å². The lowest BCUT2D eigenvalue weighted by Gasteiger charge is -2.32. The Hall–Kier alpha value is -3.18. The van der Waals surface area contributed by atoms with Crippen molar-refractivity contribution in [1.29, 1.82) is 0 Å². The molecule has 0 unspecified atom stereocenters. The molecule has 5 rings (SSSR count). The Labute approximate surface area is 197 Å². The number of hydrogen-bond donors (Lipinski definition) is 3. The van der Waals surface area contributed by atoms with Crippen molar-refractivity contribution in [2.45, 2.75) is 38.0 Å². The van der Waals surface area contributed by atoms with E-state index in [1.54, 1.807) is 12.1 Å². The largest absolute Gasteiger partial charge is 0.393 e. The number of nitrogens with zero attached hydrogens (tertiary/aromatic N) is 3. The molecule has 0 spiro atoms. The first-order chi connectivity index (χ1) is 16.2. The number of aromatic nitrogens is 3. The predicted octanol–water partition coefficient (Wildman–Crippen LogP) is 4.45. The number of carbonyl (C=O) groups is 1. The lowest BCUT2D eigenvalue weighted by molar-refractivity contribution is -0.126. The number of fused-ring (bicyclic) bond motifs is 2. The zero-order chi connectivity index (χ0) is 23.9. The van der Waals surface area contributed by atoms with Crippen LogP contribution < -0.4 is 11.1 Å². The van der Waals surface area contributed by atoms with Crippen LogP contribution in [0.1, 0.15) is 33.8 Å². The predicted molar refractivity (Wildman–Crippen MR) is 126 cm³/mol. The number of piperidine rings is 1. The molecule has 0 aliphatic carbocycles. The quantitative estimate of drug-likeness (QED) is 0.372. The number of likely N-dealkylation sites (tertiary alicyclic amines) is 1. The zero-order valence-electron chi connectivity index (χ0n) is 18.2. The number of alkyl halides is 3. The van der Waals surface area contributed by atoms with Crippen LogP contribution in [0.5, 0.6) is 0 Å². The van der Waals surface area contributed by atoms with Crippen molar-refractivity contribution in [1.82, 2.24) is 19.9 Å². The number of nitrogens with one attached hydrogen (secondary N) is 2. The molecule has 0 atom stereocenters. The van der Waals surface area contributed by atoms with Crippen LogP contribution in [-0.4, -0.2) is 51.1 Å². The van der Waals surface area contributed by atoms with Crippen molar-refractivity contribution in [3.63, 3.8) is 0 Å². The number of halogens is 3. The molecule has 0 radical (unpaired) electrons. The van der Waals surface area contributed by atoms with E-state index >= 15 is 0 Å². The van der Waals surface area contributed by atoms with Gasteiger partial charge in [-0.1, -0.05) is 6.07 Å². The van der Waals surface area contributed by atoms with Gasteiger partial charge in [-0.15, -0.1) is 11.3 Å². The highest BCUT2D eigenvalue weighted by atomic mass is 32.1. The van der Waals surface area contributed by atoms with Crippen LogP contribution in [-0.2, 0) is 13.0 Å². The van der Waals surface area contributed by atoms with E-state index in [-0.39, 0.29) is 10.9 Å². The molecule has 178 valence electrons. The molecule has 0 saturated carbocycles. The third-order valence-corrected chi connectivity index (χ3v) is 7.08. The number of nitrogens with two attached hydrogens (primary N) is 1. The number of hydrogen-bond acceptors (Lipinski definition) is 6. The zero-order valence-corrected chi connectivity index (χ0v) is 19.0. The normalized spacial score (nSPS) is 15.9. The molecule has 4 aromatic rings. The standard InChI is InChI=1S/C23H23F3N6OS/c24-23(25,26)10-16-9-17-21(28-12-29-22(17)34-16)30-15-3-5-32(6-4-15)11-13-1-2-18-14(7-13)8-19(31-18)20(27)33/h1-2,7-9,12,15,31H,3-6,10-11H2,(H2,27,33)(H,28,29,30). The van der Waals surface area contributed by atoms with E-state index in [4.69, 9.17) is 5.73 Å². The Morgan fingerprint density at radius 1 is 1.21 bits per heavy atom. The average Bonchev–Trinajstić information content (AvgIpc) is 3.38. The van der Waals surface area contributed by atoms with E-state index in [0.717, 1.165) is 60.3 Å². The molecule has 4 N–H and O–H groups in total. The van der Waals surface area contributed by atoms with Crippen LogP contribution in [0.3, 0.4) is 0 Å². The molecular formula is C23H23F3N6OS. The Kier molecular flexibility index (Phi) is 5.90. The minimum atomic E-state index is -4.25. The van der Waals surface area contributed by atoms with Gasteiger partial charge in [-0.3, -0.25) is 9.69 Å². The molecule has 0 bridgehead atoms. The molecule has 34 heavy (non-hydrogen) atoms. The number of anilines is 1. The maximum Gasteiger partial charge on any atom is 0.393 e. The number of H-pyrrole nitrogens is 1. The van der Waals surface area contributed by atoms with Crippen molar-refractivity contribution in [3.05, 3.63) is 52.8 Å². The van der Waals surface area contributed by atoms with Crippen molar-refractivity contribution in [3.8, 4) is 0 Å². The second kappa shape index (κ2) is 8.88. The number of carbonyl (C=O) groups excluding carboxylic acids is 1. The fraction of sp³-hybridized carbons (Fsp3) is 0.348. The van der Waals surface area contributed by atoms with Gasteiger partial charge in [0, 0.05) is 41.5 Å². The van der Waals surface area contributed by atoms with Crippen LogP contribution in [0.25, 0.3) is 21.1 Å². The van der Waals surface area contributed by atoms with E-state index in [2.05, 4.69) is 31.2 Å². The fourth-order valence-corrected chi connectivity index (χ4v) is 5.43. The molecule has 3 aromatic heterocycles. The smallest absolute Gasteiger partial charge is 0.367 e. The summed E-state index contributed by atoms with van der Waals surface area (Å²) in [5.41, 5.74) is 7.78. The summed E-state index contributed by atoms with van der Waals surface area (Å²) < 4.78 is 38.3. The van der Waals surface area contributed by atoms with E-state index in [1.807, 2.05) is 12.1 Å². The number of benzene rings is 1. The first-order valence-electron chi connectivity index (χ1n) is 10.9. The van der Waals surface area contributed by atoms with Gasteiger partial charge in [0.2, 0.25) is 0 Å². The molecule has 4 heterocycles. The average molecular weight is 489 g/mol. The molecule has 1 aliphatic heterocycles. The van der Waals surface area contributed by atoms with Crippen LogP contribution in [0.2, 0.25) is 0 Å². The molecule has 1 amide bonds. The van der Waals surface area contributed by atoms with Gasteiger partial charge >= 0.3 is 6.18 Å². The summed E-state index contributed by atoms with van der Waals surface area (Å²) in [7, 11) is 0. The highest BCUT2D eigenvalue weighted by molar-refractivity contribution is 7.18. The summed E-state index contributed by atoms with van der Waals surface area (Å²) in [5.74, 6) is 0.114. The fourth-order valence-electron chi connectivity index (χ4n) is 4.41. The summed E-state index contributed by atoms with van der Waals surface area (Å²) >= 11 is 1.06. The summed E-state index contributed by atoms with van der Waals surface area (Å²) in [5, 5.41) is 5.02. The third-order valence-electron chi connectivity index (χ3n) is 6.04. The second-order valence-corrected chi connectivity index (χ2v) is 9.72. The van der Waals surface area contributed by atoms with Crippen LogP contribution in [0.4, 0.5) is 19.0 Å². The second-order valence-electron chi connectivity index (χ2n) is 8.61. The summed E-state index contributed by atoms with van der Waals surface area (Å²) in [6.07, 6.45) is -2.02. The summed E-state index contributed by atoms with van der Waals surface area (Å²) in [6.45, 7) is 2.56. The molecule has 1 fully saturated rings. The number of aromatic amines is 1. The maximum absolute atomic E-state index is 12.8. The Balaban J connectivity index is 1.21. The molecule has 1 aromatic carbocycles. The van der Waals surface area contributed by atoms with Gasteiger partial charge in [0.1, 0.15) is 22.7 Å². The van der Waals surface area contributed by atoms with Gasteiger partial charge in [0.15, 0.2) is 0 Å². The van der Waals surface area contributed by atoms with Crippen LogP contribution >= 0.6 is 11.3 Å². The van der Waals surface area contributed by atoms with E-state index < -0.39 is 18.5 Å². The Bertz CT molecular complexity index is 1340. The summed E-state index contributed by atoms with van der Waals surface area (Å²) in [4.78, 5) is 26.0. The van der Waals surface area contributed by atoms with Gasteiger partial charge in [-0.2, -0.15) is 13.2 Å². The first kappa shape index (κ1) is 22.6. The number of amides is 1. The first-order valence-corrected chi connectivity index (χ1v) is 11.8. The van der Waals surface area contributed by atoms with E-state index in [0.29, 0.717) is 21.7 Å². The lowest BCUT2D eigenvalue weighted by atomic mass is 10.0. The highest BCUT2D eigenvalue weighted by Gasteiger charge is 2.29. The number of thiophene rings is 1.